The van der Waals surface area contributed by atoms with Crippen molar-refractivity contribution < 1.29 is 23.2 Å². The van der Waals surface area contributed by atoms with Gasteiger partial charge in [0.2, 0.25) is 0 Å². The van der Waals surface area contributed by atoms with Crippen molar-refractivity contribution in [2.75, 3.05) is 25.5 Å². The molecule has 30 heavy (non-hydrogen) atoms. The van der Waals surface area contributed by atoms with Crippen LogP contribution in [0.25, 0.3) is 0 Å². The zero-order chi connectivity index (χ0) is 21.7. The van der Waals surface area contributed by atoms with Gasteiger partial charge in [0.25, 0.3) is 5.91 Å². The predicted molar refractivity (Wildman–Crippen MR) is 117 cm³/mol. The zero-order valence-electron chi connectivity index (χ0n) is 17.9. The molecular formula is C23H30FN2O3S+. The van der Waals surface area contributed by atoms with Gasteiger partial charge >= 0.3 is 5.97 Å². The Morgan fingerprint density at radius 1 is 1.20 bits per heavy atom. The quantitative estimate of drug-likeness (QED) is 0.499. The summed E-state index contributed by atoms with van der Waals surface area (Å²) in [5, 5.41) is 4.89. The van der Waals surface area contributed by atoms with Gasteiger partial charge in [-0.25, -0.2) is 9.18 Å². The maximum Gasteiger partial charge on any atom is 0.350 e. The highest BCUT2D eigenvalue weighted by atomic mass is 32.1. The second kappa shape index (κ2) is 9.71. The fourth-order valence-corrected chi connectivity index (χ4v) is 5.47. The fraction of sp³-hybridized carbons (Fsp3) is 0.478. The number of carbonyl (C=O) groups excluding carboxylic acids is 2. The number of piperidine rings is 1. The van der Waals surface area contributed by atoms with Crippen LogP contribution in [0.5, 0.6) is 0 Å². The number of benzene rings is 1. The fourth-order valence-electron chi connectivity index (χ4n) is 4.55. The van der Waals surface area contributed by atoms with Crippen LogP contribution in [0.15, 0.2) is 29.6 Å². The molecule has 1 saturated heterocycles. The van der Waals surface area contributed by atoms with Gasteiger partial charge in [0, 0.05) is 12.0 Å². The second-order valence-electron chi connectivity index (χ2n) is 8.04. The van der Waals surface area contributed by atoms with Crippen LogP contribution in [-0.4, -0.2) is 42.6 Å². The van der Waals surface area contributed by atoms with Gasteiger partial charge in [-0.15, -0.1) is 11.3 Å². The summed E-state index contributed by atoms with van der Waals surface area (Å²) in [6, 6.07) is 6.34. The molecule has 1 atom stereocenters. The van der Waals surface area contributed by atoms with E-state index in [1.807, 2.05) is 31.4 Å². The van der Waals surface area contributed by atoms with E-state index in [-0.39, 0.29) is 17.8 Å². The lowest BCUT2D eigenvalue weighted by Crippen LogP contribution is -2.61. The van der Waals surface area contributed by atoms with E-state index in [1.54, 1.807) is 0 Å². The number of hydrogen-bond acceptors (Lipinski definition) is 4. The van der Waals surface area contributed by atoms with Crippen LogP contribution in [-0.2, 0) is 16.1 Å². The smallest absolute Gasteiger partial charge is 0.350 e. The van der Waals surface area contributed by atoms with Gasteiger partial charge in [-0.3, -0.25) is 4.79 Å². The molecule has 2 heterocycles. The predicted octanol–water partition coefficient (Wildman–Crippen LogP) is 4.90. The van der Waals surface area contributed by atoms with E-state index < -0.39 is 5.97 Å². The van der Waals surface area contributed by atoms with Gasteiger partial charge in [-0.1, -0.05) is 19.1 Å². The number of nitrogens with one attached hydrogen (secondary N) is 1. The summed E-state index contributed by atoms with van der Waals surface area (Å²) in [5.74, 6) is -0.769. The SMILES string of the molecule is CCC(C(=O)Nc1c(C)csc1C(=O)OC)[N+]1(Cc2ccc(F)cc2)CCCCC1. The number of quaternary nitrogens is 1. The number of likely N-dealkylation sites (tertiary alicyclic amines) is 1. The minimum absolute atomic E-state index is 0.0758. The summed E-state index contributed by atoms with van der Waals surface area (Å²) in [7, 11) is 1.34. The first-order valence-electron chi connectivity index (χ1n) is 10.5. The minimum atomic E-state index is -0.440. The number of amides is 1. The molecular weight excluding hydrogens is 403 g/mol. The van der Waals surface area contributed by atoms with E-state index >= 15 is 0 Å². The van der Waals surface area contributed by atoms with E-state index in [0.717, 1.165) is 43.5 Å². The van der Waals surface area contributed by atoms with Gasteiger partial charge in [0.1, 0.15) is 17.2 Å². The molecule has 2 aromatic rings. The highest BCUT2D eigenvalue weighted by Crippen LogP contribution is 2.32. The van der Waals surface area contributed by atoms with Crippen LogP contribution in [0.2, 0.25) is 0 Å². The normalized spacial score (nSPS) is 16.7. The number of thiophene rings is 1. The zero-order valence-corrected chi connectivity index (χ0v) is 18.7. The maximum absolute atomic E-state index is 13.5. The standard InChI is InChI=1S/C23H29FN2O3S/c1-4-19(22(27)25-20-16(2)15-30-21(20)23(28)29-3)26(12-6-5-7-13-26)14-17-8-10-18(24)11-9-17/h8-11,15,19H,4-7,12-14H2,1-3H3/p+1. The molecule has 1 aromatic carbocycles. The molecule has 0 radical (unpaired) electrons. The van der Waals surface area contributed by atoms with E-state index in [1.165, 1.54) is 30.6 Å². The number of rotatable bonds is 7. The first-order valence-corrected chi connectivity index (χ1v) is 11.4. The van der Waals surface area contributed by atoms with Crippen LogP contribution in [0, 0.1) is 12.7 Å². The summed E-state index contributed by atoms with van der Waals surface area (Å²) in [6.45, 7) is 6.43. The van der Waals surface area contributed by atoms with Crippen molar-refractivity contribution in [3.63, 3.8) is 0 Å². The van der Waals surface area contributed by atoms with Crippen molar-refractivity contribution >= 4 is 28.9 Å². The van der Waals surface area contributed by atoms with E-state index in [2.05, 4.69) is 5.32 Å². The number of halogens is 1. The minimum Gasteiger partial charge on any atom is -0.465 e. The van der Waals surface area contributed by atoms with E-state index in [4.69, 9.17) is 4.74 Å². The van der Waals surface area contributed by atoms with E-state index in [9.17, 15) is 14.0 Å². The first kappa shape index (κ1) is 22.4. The average molecular weight is 434 g/mol. The lowest BCUT2D eigenvalue weighted by molar-refractivity contribution is -0.959. The third-order valence-corrected chi connectivity index (χ3v) is 7.14. The molecule has 162 valence electrons. The molecule has 5 nitrogen and oxygen atoms in total. The summed E-state index contributed by atoms with van der Waals surface area (Å²) >= 11 is 1.28. The Labute approximate surface area is 181 Å². The number of carbonyl (C=O) groups is 2. The van der Waals surface area contributed by atoms with Crippen molar-refractivity contribution in [2.45, 2.75) is 52.1 Å². The van der Waals surface area contributed by atoms with Crippen molar-refractivity contribution in [3.05, 3.63) is 51.5 Å². The van der Waals surface area contributed by atoms with Gasteiger partial charge < -0.3 is 14.5 Å². The van der Waals surface area contributed by atoms with Gasteiger partial charge in [0.15, 0.2) is 6.04 Å². The maximum atomic E-state index is 13.5. The number of methoxy groups -OCH3 is 1. The Hall–Kier alpha value is -2.25. The lowest BCUT2D eigenvalue weighted by atomic mass is 9.98. The number of anilines is 1. The second-order valence-corrected chi connectivity index (χ2v) is 8.92. The molecule has 3 rings (SSSR count). The number of esters is 1. The summed E-state index contributed by atoms with van der Waals surface area (Å²) in [5.41, 5.74) is 2.44. The molecule has 1 fully saturated rings. The Balaban J connectivity index is 1.88. The van der Waals surface area contributed by atoms with Crippen LogP contribution in [0.3, 0.4) is 0 Å². The number of hydrogen-bond donors (Lipinski definition) is 1. The van der Waals surface area contributed by atoms with Gasteiger partial charge in [-0.05, 0) is 49.3 Å². The van der Waals surface area contributed by atoms with Crippen molar-refractivity contribution in [1.29, 1.82) is 0 Å². The molecule has 0 bridgehead atoms. The molecule has 1 N–H and O–H groups in total. The van der Waals surface area contributed by atoms with Gasteiger partial charge in [-0.2, -0.15) is 0 Å². The van der Waals surface area contributed by atoms with Crippen molar-refractivity contribution in [1.82, 2.24) is 0 Å². The molecule has 1 amide bonds. The molecule has 1 aliphatic heterocycles. The molecule has 0 spiro atoms. The van der Waals surface area contributed by atoms with Crippen LogP contribution in [0.1, 0.15) is 53.4 Å². The first-order chi connectivity index (χ1) is 14.4. The molecule has 7 heteroatoms. The third-order valence-electron chi connectivity index (χ3n) is 6.06. The lowest BCUT2D eigenvalue weighted by Gasteiger charge is -2.46. The monoisotopic (exact) mass is 433 g/mol. The van der Waals surface area contributed by atoms with E-state index in [0.29, 0.717) is 28.0 Å². The molecule has 1 aromatic heterocycles. The van der Waals surface area contributed by atoms with Gasteiger partial charge in [0.05, 0.1) is 25.9 Å². The number of nitrogens with zero attached hydrogens (tertiary/aromatic N) is 1. The largest absolute Gasteiger partial charge is 0.465 e. The number of ether oxygens (including phenoxy) is 1. The summed E-state index contributed by atoms with van der Waals surface area (Å²) in [4.78, 5) is 26.0. The highest BCUT2D eigenvalue weighted by Gasteiger charge is 2.42. The topological polar surface area (TPSA) is 55.4 Å². The van der Waals surface area contributed by atoms with Crippen molar-refractivity contribution in [3.8, 4) is 0 Å². The molecule has 1 unspecified atom stereocenters. The molecule has 0 aliphatic carbocycles. The molecule has 0 saturated carbocycles. The highest BCUT2D eigenvalue weighted by molar-refractivity contribution is 7.12. The Morgan fingerprint density at radius 3 is 2.47 bits per heavy atom. The average Bonchev–Trinajstić information content (AvgIpc) is 3.10. The number of aryl methyl sites for hydroxylation is 1. The Kier molecular flexibility index (Phi) is 7.26. The third kappa shape index (κ3) is 4.73. The van der Waals surface area contributed by atoms with Crippen LogP contribution < -0.4 is 5.32 Å². The molecule has 1 aliphatic rings. The summed E-state index contributed by atoms with van der Waals surface area (Å²) in [6.07, 6.45) is 3.98. The van der Waals surface area contributed by atoms with Crippen molar-refractivity contribution in [2.24, 2.45) is 0 Å². The summed E-state index contributed by atoms with van der Waals surface area (Å²) < 4.78 is 18.9. The Bertz CT molecular complexity index is 888. The van der Waals surface area contributed by atoms with Crippen LogP contribution in [0.4, 0.5) is 10.1 Å². The Morgan fingerprint density at radius 2 is 1.87 bits per heavy atom. The van der Waals surface area contributed by atoms with Crippen LogP contribution >= 0.6 is 11.3 Å².